The van der Waals surface area contributed by atoms with Crippen molar-refractivity contribution in [2.45, 2.75) is 0 Å². The van der Waals surface area contributed by atoms with E-state index in [0.29, 0.717) is 0 Å². The fraction of sp³-hybridized carbons (Fsp3) is 0. The van der Waals surface area contributed by atoms with E-state index >= 15 is 0 Å². The summed E-state index contributed by atoms with van der Waals surface area (Å²) in [4.78, 5) is 0. The van der Waals surface area contributed by atoms with E-state index in [-0.39, 0.29) is 0 Å². The molecular weight excluding hydrogens is 721 g/mol. The lowest BCUT2D eigenvalue weighted by Gasteiger charge is -2.35. The Balaban J connectivity index is 1.15. The lowest BCUT2D eigenvalue weighted by Crippen LogP contribution is -2.74. The van der Waals surface area contributed by atoms with Crippen molar-refractivity contribution >= 4 is 94.4 Å². The second-order valence-corrected chi connectivity index (χ2v) is 19.0. The van der Waals surface area contributed by atoms with Gasteiger partial charge in [-0.15, -0.1) is 0 Å². The summed E-state index contributed by atoms with van der Waals surface area (Å²) in [6, 6.07) is 80.3. The van der Waals surface area contributed by atoms with Gasteiger partial charge in [-0.3, -0.25) is 0 Å². The number of nitrogens with zero attached hydrogens (tertiary/aromatic N) is 2. The van der Waals surface area contributed by atoms with Gasteiger partial charge in [-0.1, -0.05) is 158 Å². The fourth-order valence-corrected chi connectivity index (χ4v) is 14.7. The molecule has 0 aliphatic carbocycles. The van der Waals surface area contributed by atoms with Gasteiger partial charge in [0.15, 0.2) is 8.07 Å². The van der Waals surface area contributed by atoms with Crippen molar-refractivity contribution in [1.82, 2.24) is 9.13 Å². The molecule has 0 bridgehead atoms. The molecule has 0 unspecified atom stereocenters. The molecular formula is C54H36N2OSi. The minimum atomic E-state index is -2.97. The van der Waals surface area contributed by atoms with Gasteiger partial charge in [0.1, 0.15) is 11.2 Å². The minimum Gasteiger partial charge on any atom is -0.455 e. The molecule has 0 atom stereocenters. The molecule has 3 aromatic heterocycles. The normalized spacial score (nSPS) is 12.1. The van der Waals surface area contributed by atoms with Gasteiger partial charge in [0.2, 0.25) is 0 Å². The molecule has 3 nitrogen and oxygen atoms in total. The zero-order chi connectivity index (χ0) is 38.2. The molecule has 0 radical (unpaired) electrons. The third kappa shape index (κ3) is 4.67. The minimum absolute atomic E-state index is 0.911. The highest BCUT2D eigenvalue weighted by Gasteiger charge is 2.42. The Hall–Kier alpha value is -7.40. The SMILES string of the molecule is c1ccc([Si](c2ccccc2)(c2cccc(-n3c4ccccc4c4ccccc43)c2)c2cccc(-n3c4ccccc4c4c5oc6ccccc6c5ccc43)c2)cc1. The van der Waals surface area contributed by atoms with Gasteiger partial charge >= 0.3 is 0 Å². The van der Waals surface area contributed by atoms with E-state index in [0.717, 1.165) is 49.7 Å². The summed E-state index contributed by atoms with van der Waals surface area (Å²) < 4.78 is 11.5. The first-order chi connectivity index (χ1) is 28.8. The van der Waals surface area contributed by atoms with Gasteiger partial charge in [-0.2, -0.15) is 0 Å². The van der Waals surface area contributed by atoms with Gasteiger partial charge < -0.3 is 13.6 Å². The van der Waals surface area contributed by atoms with E-state index in [1.807, 2.05) is 6.07 Å². The number of hydrogen-bond acceptors (Lipinski definition) is 1. The van der Waals surface area contributed by atoms with Crippen LogP contribution in [0.3, 0.4) is 0 Å². The Kier molecular flexibility index (Phi) is 7.25. The Morgan fingerprint density at radius 1 is 0.310 bits per heavy atom. The van der Waals surface area contributed by atoms with Crippen LogP contribution in [-0.2, 0) is 0 Å². The molecule has 4 heteroatoms. The van der Waals surface area contributed by atoms with E-state index in [2.05, 4.69) is 221 Å². The van der Waals surface area contributed by atoms with Gasteiger partial charge in [0.05, 0.1) is 27.5 Å². The molecule has 0 amide bonds. The smallest absolute Gasteiger partial charge is 0.179 e. The summed E-state index contributed by atoms with van der Waals surface area (Å²) in [5.41, 5.74) is 8.83. The second-order valence-electron chi connectivity index (χ2n) is 15.2. The highest BCUT2D eigenvalue weighted by molar-refractivity contribution is 7.20. The third-order valence-corrected chi connectivity index (χ3v) is 17.0. The molecule has 12 rings (SSSR count). The van der Waals surface area contributed by atoms with Gasteiger partial charge in [0, 0.05) is 38.3 Å². The summed E-state index contributed by atoms with van der Waals surface area (Å²) in [6.45, 7) is 0. The number of furan rings is 1. The molecule has 12 aromatic rings. The van der Waals surface area contributed by atoms with Crippen LogP contribution in [0.5, 0.6) is 0 Å². The van der Waals surface area contributed by atoms with Crippen LogP contribution in [0.1, 0.15) is 0 Å². The van der Waals surface area contributed by atoms with Crippen LogP contribution in [0.15, 0.2) is 223 Å². The number of fused-ring (bicyclic) bond motifs is 10. The molecule has 58 heavy (non-hydrogen) atoms. The first-order valence-corrected chi connectivity index (χ1v) is 21.9. The summed E-state index contributed by atoms with van der Waals surface area (Å²) in [7, 11) is -2.97. The number of para-hydroxylation sites is 4. The largest absolute Gasteiger partial charge is 0.455 e. The molecule has 0 saturated carbocycles. The van der Waals surface area contributed by atoms with E-state index in [4.69, 9.17) is 4.42 Å². The predicted molar refractivity (Wildman–Crippen MR) is 246 cm³/mol. The lowest BCUT2D eigenvalue weighted by atomic mass is 10.1. The van der Waals surface area contributed by atoms with E-state index in [1.165, 1.54) is 47.9 Å². The fourth-order valence-electron chi connectivity index (χ4n) is 9.85. The summed E-state index contributed by atoms with van der Waals surface area (Å²) in [5.74, 6) is 0. The summed E-state index contributed by atoms with van der Waals surface area (Å²) in [5, 5.41) is 12.4. The van der Waals surface area contributed by atoms with Gasteiger partial charge in [-0.25, -0.2) is 0 Å². The molecule has 9 aromatic carbocycles. The molecule has 0 fully saturated rings. The number of rotatable bonds is 6. The van der Waals surface area contributed by atoms with Crippen molar-refractivity contribution in [1.29, 1.82) is 0 Å². The van der Waals surface area contributed by atoms with Crippen LogP contribution in [0.2, 0.25) is 0 Å². The van der Waals surface area contributed by atoms with Crippen LogP contribution in [0.4, 0.5) is 0 Å². The van der Waals surface area contributed by atoms with Crippen molar-refractivity contribution in [3.05, 3.63) is 218 Å². The van der Waals surface area contributed by atoms with Gasteiger partial charge in [0.25, 0.3) is 0 Å². The first-order valence-electron chi connectivity index (χ1n) is 19.9. The highest BCUT2D eigenvalue weighted by Crippen LogP contribution is 2.40. The lowest BCUT2D eigenvalue weighted by molar-refractivity contribution is 0.673. The summed E-state index contributed by atoms with van der Waals surface area (Å²) in [6.07, 6.45) is 0. The van der Waals surface area contributed by atoms with Crippen LogP contribution >= 0.6 is 0 Å². The topological polar surface area (TPSA) is 23.0 Å². The zero-order valence-corrected chi connectivity index (χ0v) is 32.6. The molecule has 0 aliphatic rings. The quantitative estimate of drug-likeness (QED) is 0.122. The third-order valence-electron chi connectivity index (χ3n) is 12.2. The van der Waals surface area contributed by atoms with E-state index < -0.39 is 8.07 Å². The monoisotopic (exact) mass is 756 g/mol. The second kappa shape index (κ2) is 12.8. The van der Waals surface area contributed by atoms with Gasteiger partial charge in [-0.05, 0) is 81.4 Å². The number of benzene rings is 9. The molecule has 0 spiro atoms. The van der Waals surface area contributed by atoms with Crippen molar-refractivity contribution in [2.75, 3.05) is 0 Å². The Bertz CT molecular complexity index is 3430. The Labute approximate surface area is 336 Å². The van der Waals surface area contributed by atoms with Crippen molar-refractivity contribution < 1.29 is 4.42 Å². The highest BCUT2D eigenvalue weighted by atomic mass is 28.3. The number of hydrogen-bond donors (Lipinski definition) is 0. The standard InChI is InChI=1S/C54H36N2OSi/c1-3-19-39(20-4-1)58(40-21-5-2-6-22-40,41-23-15-17-37(35-41)55-48-29-11-7-25-43(48)44-26-8-12-30-49(44)55)42-24-16-18-38(36-42)56-50-31-13-9-28-47(50)53-51(56)34-33-46-45-27-10-14-32-52(45)57-54(46)53/h1-36H. The molecule has 0 saturated heterocycles. The molecule has 0 N–H and O–H groups in total. The van der Waals surface area contributed by atoms with Crippen LogP contribution in [-0.4, -0.2) is 17.2 Å². The Morgan fingerprint density at radius 3 is 1.34 bits per heavy atom. The zero-order valence-electron chi connectivity index (χ0n) is 31.6. The van der Waals surface area contributed by atoms with Crippen molar-refractivity contribution in [2.24, 2.45) is 0 Å². The van der Waals surface area contributed by atoms with Crippen LogP contribution < -0.4 is 20.7 Å². The van der Waals surface area contributed by atoms with Crippen molar-refractivity contribution in [3.8, 4) is 11.4 Å². The molecule has 272 valence electrons. The maximum atomic E-state index is 6.66. The first kappa shape index (κ1) is 32.8. The van der Waals surface area contributed by atoms with E-state index in [1.54, 1.807) is 0 Å². The van der Waals surface area contributed by atoms with Crippen LogP contribution in [0.25, 0.3) is 76.9 Å². The number of aromatic nitrogens is 2. The molecule has 0 aliphatic heterocycles. The maximum Gasteiger partial charge on any atom is 0.179 e. The van der Waals surface area contributed by atoms with E-state index in [9.17, 15) is 0 Å². The predicted octanol–water partition coefficient (Wildman–Crippen LogP) is 11.2. The Morgan fingerprint density at radius 2 is 0.759 bits per heavy atom. The maximum absolute atomic E-state index is 6.66. The van der Waals surface area contributed by atoms with Crippen molar-refractivity contribution in [3.63, 3.8) is 0 Å². The summed E-state index contributed by atoms with van der Waals surface area (Å²) >= 11 is 0. The average Bonchev–Trinajstić information content (AvgIpc) is 3.96. The average molecular weight is 757 g/mol. The molecule has 3 heterocycles. The van der Waals surface area contributed by atoms with Crippen LogP contribution in [0, 0.1) is 0 Å².